The Labute approximate surface area is 161 Å². The summed E-state index contributed by atoms with van der Waals surface area (Å²) in [7, 11) is 0. The number of hydrogen-bond acceptors (Lipinski definition) is 2. The van der Waals surface area contributed by atoms with Crippen molar-refractivity contribution in [2.24, 2.45) is 5.73 Å². The van der Waals surface area contributed by atoms with Crippen molar-refractivity contribution in [3.8, 4) is 0 Å². The van der Waals surface area contributed by atoms with E-state index >= 15 is 0 Å². The van der Waals surface area contributed by atoms with Crippen LogP contribution in [0.15, 0.2) is 59.1 Å². The predicted octanol–water partition coefficient (Wildman–Crippen LogP) is 5.30. The van der Waals surface area contributed by atoms with Gasteiger partial charge in [0.1, 0.15) is 0 Å². The van der Waals surface area contributed by atoms with E-state index in [1.54, 1.807) is 12.1 Å². The van der Waals surface area contributed by atoms with Crippen LogP contribution in [0.3, 0.4) is 0 Å². The molecule has 0 fully saturated rings. The molecule has 0 aliphatic rings. The molecule has 0 bridgehead atoms. The highest BCUT2D eigenvalue weighted by molar-refractivity contribution is 9.10. The van der Waals surface area contributed by atoms with Gasteiger partial charge in [0.05, 0.1) is 5.56 Å². The zero-order chi connectivity index (χ0) is 18.9. The van der Waals surface area contributed by atoms with Gasteiger partial charge in [-0.1, -0.05) is 52.3 Å². The molecule has 0 radical (unpaired) electrons. The first-order valence-corrected chi connectivity index (χ1v) is 9.13. The highest BCUT2D eigenvalue weighted by Crippen LogP contribution is 2.43. The van der Waals surface area contributed by atoms with Gasteiger partial charge in [-0.3, -0.25) is 4.79 Å². The Hall–Kier alpha value is -3.18. The molecule has 0 saturated heterocycles. The highest BCUT2D eigenvalue weighted by Gasteiger charge is 2.21. The molecular weight excluding hydrogens is 406 g/mol. The number of amides is 1. The number of carbonyl (C=O) groups is 2. The van der Waals surface area contributed by atoms with E-state index in [9.17, 15) is 14.7 Å². The minimum atomic E-state index is -1.08. The molecular formula is C22H12BrNO3. The van der Waals surface area contributed by atoms with Crippen molar-refractivity contribution >= 4 is 70.9 Å². The molecule has 0 aromatic heterocycles. The Balaban J connectivity index is 2.20. The molecule has 1 amide bonds. The number of hydrogen-bond donors (Lipinski definition) is 2. The van der Waals surface area contributed by atoms with E-state index in [0.29, 0.717) is 5.39 Å². The average Bonchev–Trinajstić information content (AvgIpc) is 2.66. The Morgan fingerprint density at radius 2 is 1.26 bits per heavy atom. The minimum Gasteiger partial charge on any atom is -0.478 e. The minimum absolute atomic E-state index is 0.0807. The molecule has 5 rings (SSSR count). The summed E-state index contributed by atoms with van der Waals surface area (Å²) in [6.07, 6.45) is 0. The van der Waals surface area contributed by atoms with Crippen LogP contribution in [0, 0.1) is 0 Å². The molecule has 5 heteroatoms. The summed E-state index contributed by atoms with van der Waals surface area (Å²) in [6.45, 7) is 0. The van der Waals surface area contributed by atoms with Gasteiger partial charge in [0.25, 0.3) is 0 Å². The SMILES string of the molecule is NC(=O)c1ccc2c3cccc4c(Br)ccc(c5ccc(C(=O)O)c1c25)c43. The lowest BCUT2D eigenvalue weighted by atomic mass is 9.86. The third kappa shape index (κ3) is 2.03. The summed E-state index contributed by atoms with van der Waals surface area (Å²) in [6, 6.07) is 16.9. The summed E-state index contributed by atoms with van der Waals surface area (Å²) in [5.74, 6) is -1.72. The van der Waals surface area contributed by atoms with Gasteiger partial charge in [-0.25, -0.2) is 4.79 Å². The number of carboxylic acids is 1. The molecule has 3 N–H and O–H groups in total. The maximum absolute atomic E-state index is 12.0. The highest BCUT2D eigenvalue weighted by atomic mass is 79.9. The second kappa shape index (κ2) is 5.41. The Bertz CT molecular complexity index is 1370. The van der Waals surface area contributed by atoms with Crippen LogP contribution in [0.4, 0.5) is 0 Å². The van der Waals surface area contributed by atoms with Crippen molar-refractivity contribution in [1.29, 1.82) is 0 Å². The molecule has 0 spiro atoms. The second-order valence-electron chi connectivity index (χ2n) is 6.56. The van der Waals surface area contributed by atoms with Crippen molar-refractivity contribution in [3.05, 3.63) is 70.2 Å². The number of primary amides is 1. The van der Waals surface area contributed by atoms with E-state index in [-0.39, 0.29) is 11.1 Å². The molecule has 0 atom stereocenters. The lowest BCUT2D eigenvalue weighted by Crippen LogP contribution is -2.13. The predicted molar refractivity (Wildman–Crippen MR) is 111 cm³/mol. The quantitative estimate of drug-likeness (QED) is 0.302. The van der Waals surface area contributed by atoms with E-state index in [0.717, 1.165) is 42.2 Å². The summed E-state index contributed by atoms with van der Waals surface area (Å²) < 4.78 is 0.999. The van der Waals surface area contributed by atoms with Gasteiger partial charge in [0.2, 0.25) is 5.91 Å². The monoisotopic (exact) mass is 417 g/mol. The van der Waals surface area contributed by atoms with Gasteiger partial charge in [-0.2, -0.15) is 0 Å². The molecule has 0 aliphatic heterocycles. The smallest absolute Gasteiger partial charge is 0.336 e. The van der Waals surface area contributed by atoms with Crippen molar-refractivity contribution < 1.29 is 14.7 Å². The van der Waals surface area contributed by atoms with E-state index in [1.807, 2.05) is 36.4 Å². The maximum Gasteiger partial charge on any atom is 0.336 e. The fraction of sp³-hybridized carbons (Fsp3) is 0. The first kappa shape index (κ1) is 16.0. The van der Waals surface area contributed by atoms with E-state index in [4.69, 9.17) is 5.73 Å². The fourth-order valence-corrected chi connectivity index (χ4v) is 4.61. The third-order valence-corrected chi connectivity index (χ3v) is 5.92. The van der Waals surface area contributed by atoms with E-state index < -0.39 is 11.9 Å². The number of fused-ring (bicyclic) bond motifs is 2. The molecule has 5 aromatic carbocycles. The standard InChI is InChI=1S/C22H12BrNO3/c23-17-9-8-11-13-5-7-16(22(26)27)20-15(21(24)25)6-4-12(19(13)20)10-2-1-3-14(17)18(10)11/h1-9H,(H2,24,25)(H,26,27). The van der Waals surface area contributed by atoms with Crippen molar-refractivity contribution in [2.75, 3.05) is 0 Å². The molecule has 4 nitrogen and oxygen atoms in total. The summed E-state index contributed by atoms with van der Waals surface area (Å²) in [5, 5.41) is 16.9. The summed E-state index contributed by atoms with van der Waals surface area (Å²) >= 11 is 3.62. The van der Waals surface area contributed by atoms with Crippen LogP contribution in [-0.2, 0) is 0 Å². The van der Waals surface area contributed by atoms with Crippen molar-refractivity contribution in [3.63, 3.8) is 0 Å². The number of carboxylic acid groups (broad SMARTS) is 1. The van der Waals surface area contributed by atoms with Crippen molar-refractivity contribution in [1.82, 2.24) is 0 Å². The van der Waals surface area contributed by atoms with Gasteiger partial charge < -0.3 is 10.8 Å². The van der Waals surface area contributed by atoms with Gasteiger partial charge >= 0.3 is 5.97 Å². The molecule has 27 heavy (non-hydrogen) atoms. The maximum atomic E-state index is 12.0. The lowest BCUT2D eigenvalue weighted by Gasteiger charge is -2.17. The first-order valence-electron chi connectivity index (χ1n) is 8.34. The summed E-state index contributed by atoms with van der Waals surface area (Å²) in [5.41, 5.74) is 5.87. The van der Waals surface area contributed by atoms with Crippen LogP contribution < -0.4 is 5.73 Å². The van der Waals surface area contributed by atoms with Crippen LogP contribution in [0.2, 0.25) is 0 Å². The van der Waals surface area contributed by atoms with Crippen LogP contribution in [-0.4, -0.2) is 17.0 Å². The van der Waals surface area contributed by atoms with Gasteiger partial charge in [0, 0.05) is 15.4 Å². The number of halogens is 1. The number of nitrogens with two attached hydrogens (primary N) is 1. The van der Waals surface area contributed by atoms with Crippen LogP contribution >= 0.6 is 15.9 Å². The fourth-order valence-electron chi connectivity index (χ4n) is 4.15. The van der Waals surface area contributed by atoms with Gasteiger partial charge in [0.15, 0.2) is 0 Å². The molecule has 5 aromatic rings. The number of carbonyl (C=O) groups excluding carboxylic acids is 1. The third-order valence-electron chi connectivity index (χ3n) is 5.22. The molecule has 0 saturated carbocycles. The number of benzene rings is 5. The Kier molecular flexibility index (Phi) is 3.21. The molecule has 0 aliphatic carbocycles. The van der Waals surface area contributed by atoms with Crippen LogP contribution in [0.25, 0.3) is 43.1 Å². The van der Waals surface area contributed by atoms with Gasteiger partial charge in [-0.15, -0.1) is 0 Å². The lowest BCUT2D eigenvalue weighted by molar-refractivity contribution is 0.0699. The largest absolute Gasteiger partial charge is 0.478 e. The number of aromatic carboxylic acids is 1. The normalized spacial score (nSPS) is 11.7. The van der Waals surface area contributed by atoms with Crippen LogP contribution in [0.5, 0.6) is 0 Å². The Morgan fingerprint density at radius 3 is 1.93 bits per heavy atom. The van der Waals surface area contributed by atoms with Crippen LogP contribution in [0.1, 0.15) is 20.7 Å². The molecule has 0 heterocycles. The number of rotatable bonds is 2. The van der Waals surface area contributed by atoms with E-state index in [2.05, 4.69) is 22.0 Å². The summed E-state index contributed by atoms with van der Waals surface area (Å²) in [4.78, 5) is 23.9. The zero-order valence-electron chi connectivity index (χ0n) is 13.9. The van der Waals surface area contributed by atoms with Crippen molar-refractivity contribution in [2.45, 2.75) is 0 Å². The van der Waals surface area contributed by atoms with E-state index in [1.165, 1.54) is 0 Å². The molecule has 130 valence electrons. The topological polar surface area (TPSA) is 80.4 Å². The first-order chi connectivity index (χ1) is 13.0. The zero-order valence-corrected chi connectivity index (χ0v) is 15.5. The second-order valence-corrected chi connectivity index (χ2v) is 7.42. The Morgan fingerprint density at radius 1 is 0.704 bits per heavy atom. The molecule has 0 unspecified atom stereocenters. The average molecular weight is 418 g/mol. The van der Waals surface area contributed by atoms with Gasteiger partial charge in [-0.05, 0) is 55.9 Å².